The van der Waals surface area contributed by atoms with Crippen molar-refractivity contribution in [1.29, 1.82) is 0 Å². The first-order valence-electron chi connectivity index (χ1n) is 4.55. The zero-order chi connectivity index (χ0) is 11.6. The molecule has 0 saturated heterocycles. The number of hydrogen-bond acceptors (Lipinski definition) is 2. The fourth-order valence-electron chi connectivity index (χ4n) is 1.10. The highest BCUT2D eigenvalue weighted by Gasteiger charge is 2.16. The molecule has 0 N–H and O–H groups in total. The lowest BCUT2D eigenvalue weighted by Gasteiger charge is -2.18. The number of hydrogen-bond donors (Lipinski definition) is 0. The molecule has 0 amide bonds. The number of halogens is 2. The van der Waals surface area contributed by atoms with E-state index in [1.165, 1.54) is 31.0 Å². The molecular weight excluding hydrogens is 218 g/mol. The van der Waals surface area contributed by atoms with Crippen molar-refractivity contribution in [1.82, 2.24) is 0 Å². The van der Waals surface area contributed by atoms with Gasteiger partial charge in [-0.1, -0.05) is 20.8 Å². The van der Waals surface area contributed by atoms with Crippen molar-refractivity contribution in [2.45, 2.75) is 30.4 Å². The van der Waals surface area contributed by atoms with Crippen LogP contribution in [0, 0.1) is 11.6 Å². The summed E-state index contributed by atoms with van der Waals surface area (Å²) in [4.78, 5) is 0.665. The Morgan fingerprint density at radius 2 is 1.80 bits per heavy atom. The minimum Gasteiger partial charge on any atom is -0.494 e. The van der Waals surface area contributed by atoms with Crippen LogP contribution in [0.4, 0.5) is 8.78 Å². The molecule has 0 spiro atoms. The van der Waals surface area contributed by atoms with Crippen LogP contribution in [-0.2, 0) is 0 Å². The summed E-state index contributed by atoms with van der Waals surface area (Å²) in [6.45, 7) is 6.02. The smallest absolute Gasteiger partial charge is 0.200 e. The molecule has 0 aromatic heterocycles. The van der Waals surface area contributed by atoms with Crippen LogP contribution in [0.15, 0.2) is 17.0 Å². The molecule has 1 nitrogen and oxygen atoms in total. The second kappa shape index (κ2) is 4.39. The van der Waals surface area contributed by atoms with Crippen LogP contribution in [0.3, 0.4) is 0 Å². The van der Waals surface area contributed by atoms with Crippen molar-refractivity contribution in [3.8, 4) is 5.75 Å². The lowest BCUT2D eigenvalue weighted by Crippen LogP contribution is -2.07. The summed E-state index contributed by atoms with van der Waals surface area (Å²) in [6.07, 6.45) is 0. The molecule has 0 fully saturated rings. The number of ether oxygens (including phenoxy) is 1. The first kappa shape index (κ1) is 12.3. The van der Waals surface area contributed by atoms with Crippen LogP contribution in [0.25, 0.3) is 0 Å². The van der Waals surface area contributed by atoms with Gasteiger partial charge in [0, 0.05) is 9.64 Å². The molecule has 0 unspecified atom stereocenters. The summed E-state index contributed by atoms with van der Waals surface area (Å²) in [5.41, 5.74) is 0. The van der Waals surface area contributed by atoms with Gasteiger partial charge >= 0.3 is 0 Å². The summed E-state index contributed by atoms with van der Waals surface area (Å²) >= 11 is 1.47. The summed E-state index contributed by atoms with van der Waals surface area (Å²) in [6, 6.07) is 2.70. The minimum atomic E-state index is -0.934. The highest BCUT2D eigenvalue weighted by atomic mass is 32.2. The molecule has 0 saturated carbocycles. The SMILES string of the molecule is COc1cc(SC(C)(C)C)cc(F)c1F. The summed E-state index contributed by atoms with van der Waals surface area (Å²) in [7, 11) is 1.32. The molecule has 0 aliphatic carbocycles. The van der Waals surface area contributed by atoms with Gasteiger partial charge in [-0.05, 0) is 12.1 Å². The predicted molar refractivity (Wildman–Crippen MR) is 58.5 cm³/mol. The van der Waals surface area contributed by atoms with E-state index in [1.807, 2.05) is 20.8 Å². The van der Waals surface area contributed by atoms with Gasteiger partial charge in [-0.25, -0.2) is 4.39 Å². The second-order valence-corrected chi connectivity index (χ2v) is 6.04. The molecule has 0 bridgehead atoms. The Kier molecular flexibility index (Phi) is 3.60. The van der Waals surface area contributed by atoms with Gasteiger partial charge in [0.2, 0.25) is 5.82 Å². The standard InChI is InChI=1S/C11H14F2OS/c1-11(2,3)15-7-5-8(12)10(13)9(6-7)14-4/h5-6H,1-4H3. The molecule has 1 aromatic rings. The molecular formula is C11H14F2OS. The van der Waals surface area contributed by atoms with Gasteiger partial charge in [-0.15, -0.1) is 11.8 Å². The molecule has 0 radical (unpaired) electrons. The minimum absolute atomic E-state index is 0.0463. The Morgan fingerprint density at radius 1 is 1.20 bits per heavy atom. The number of rotatable bonds is 2. The van der Waals surface area contributed by atoms with Gasteiger partial charge in [0.15, 0.2) is 11.6 Å². The van der Waals surface area contributed by atoms with E-state index in [2.05, 4.69) is 0 Å². The third-order valence-electron chi connectivity index (χ3n) is 1.61. The van der Waals surface area contributed by atoms with Gasteiger partial charge < -0.3 is 4.74 Å². The molecule has 0 aliphatic heterocycles. The van der Waals surface area contributed by atoms with Gasteiger partial charge in [-0.3, -0.25) is 0 Å². The molecule has 4 heteroatoms. The van der Waals surface area contributed by atoms with E-state index < -0.39 is 11.6 Å². The number of thioether (sulfide) groups is 1. The highest BCUT2D eigenvalue weighted by Crippen LogP contribution is 2.35. The zero-order valence-corrected chi connectivity index (χ0v) is 10.0. The third kappa shape index (κ3) is 3.38. The quantitative estimate of drug-likeness (QED) is 0.716. The molecule has 0 heterocycles. The average molecular weight is 232 g/mol. The van der Waals surface area contributed by atoms with Crippen LogP contribution in [0.5, 0.6) is 5.75 Å². The number of methoxy groups -OCH3 is 1. The zero-order valence-electron chi connectivity index (χ0n) is 9.23. The third-order valence-corrected chi connectivity index (χ3v) is 2.70. The molecule has 15 heavy (non-hydrogen) atoms. The van der Waals surface area contributed by atoms with Crippen molar-refractivity contribution in [2.75, 3.05) is 7.11 Å². The van der Waals surface area contributed by atoms with Crippen LogP contribution in [0.1, 0.15) is 20.8 Å². The molecule has 0 aliphatic rings. The fraction of sp³-hybridized carbons (Fsp3) is 0.455. The first-order valence-corrected chi connectivity index (χ1v) is 5.37. The normalized spacial score (nSPS) is 11.6. The molecule has 0 atom stereocenters. The number of benzene rings is 1. The fourth-order valence-corrected chi connectivity index (χ4v) is 2.14. The topological polar surface area (TPSA) is 9.23 Å². The van der Waals surface area contributed by atoms with E-state index >= 15 is 0 Å². The summed E-state index contributed by atoms with van der Waals surface area (Å²) < 4.78 is 30.9. The summed E-state index contributed by atoms with van der Waals surface area (Å²) in [5, 5.41) is 0. The van der Waals surface area contributed by atoms with Gasteiger partial charge in [0.05, 0.1) is 7.11 Å². The maximum absolute atomic E-state index is 13.1. The van der Waals surface area contributed by atoms with E-state index in [0.717, 1.165) is 0 Å². The Bertz CT molecular complexity index is 358. The first-order chi connectivity index (χ1) is 6.83. The van der Waals surface area contributed by atoms with E-state index in [-0.39, 0.29) is 10.5 Å². The predicted octanol–water partition coefficient (Wildman–Crippen LogP) is 3.86. The van der Waals surface area contributed by atoms with Crippen LogP contribution in [0.2, 0.25) is 0 Å². The maximum Gasteiger partial charge on any atom is 0.200 e. The van der Waals surface area contributed by atoms with Crippen molar-refractivity contribution in [3.63, 3.8) is 0 Å². The largest absolute Gasteiger partial charge is 0.494 e. The summed E-state index contributed by atoms with van der Waals surface area (Å²) in [5.74, 6) is -1.86. The molecule has 84 valence electrons. The van der Waals surface area contributed by atoms with Crippen molar-refractivity contribution in [2.24, 2.45) is 0 Å². The highest BCUT2D eigenvalue weighted by molar-refractivity contribution is 8.00. The van der Waals surface area contributed by atoms with E-state index in [1.54, 1.807) is 0 Å². The lowest BCUT2D eigenvalue weighted by molar-refractivity contribution is 0.370. The van der Waals surface area contributed by atoms with E-state index in [4.69, 9.17) is 4.74 Å². The maximum atomic E-state index is 13.1. The average Bonchev–Trinajstić information content (AvgIpc) is 2.08. The Labute approximate surface area is 92.8 Å². The van der Waals surface area contributed by atoms with Gasteiger partial charge in [0.25, 0.3) is 0 Å². The van der Waals surface area contributed by atoms with Crippen LogP contribution < -0.4 is 4.74 Å². The van der Waals surface area contributed by atoms with Crippen molar-refractivity contribution in [3.05, 3.63) is 23.8 Å². The van der Waals surface area contributed by atoms with Crippen LogP contribution in [-0.4, -0.2) is 11.9 Å². The Balaban J connectivity index is 3.06. The van der Waals surface area contributed by atoms with Gasteiger partial charge in [-0.2, -0.15) is 4.39 Å². The van der Waals surface area contributed by atoms with Crippen molar-refractivity contribution >= 4 is 11.8 Å². The Hall–Kier alpha value is -0.770. The monoisotopic (exact) mass is 232 g/mol. The molecule has 1 aromatic carbocycles. The second-order valence-electron chi connectivity index (χ2n) is 4.14. The van der Waals surface area contributed by atoms with E-state index in [0.29, 0.717) is 4.90 Å². The molecule has 1 rings (SSSR count). The van der Waals surface area contributed by atoms with Crippen LogP contribution >= 0.6 is 11.8 Å². The lowest BCUT2D eigenvalue weighted by atomic mass is 10.3. The van der Waals surface area contributed by atoms with Gasteiger partial charge in [0.1, 0.15) is 0 Å². The van der Waals surface area contributed by atoms with E-state index in [9.17, 15) is 8.78 Å². The van der Waals surface area contributed by atoms with Crippen molar-refractivity contribution < 1.29 is 13.5 Å². The Morgan fingerprint density at radius 3 is 2.27 bits per heavy atom.